The number of aromatic nitrogens is 6. The van der Waals surface area contributed by atoms with Crippen molar-refractivity contribution in [2.75, 3.05) is 0 Å². The summed E-state index contributed by atoms with van der Waals surface area (Å²) < 4.78 is 4.32. The third-order valence-electron chi connectivity index (χ3n) is 6.28. The van der Waals surface area contributed by atoms with Crippen molar-refractivity contribution < 1.29 is 0 Å². The van der Waals surface area contributed by atoms with Gasteiger partial charge < -0.3 is 0 Å². The van der Waals surface area contributed by atoms with Crippen LogP contribution in [0.5, 0.6) is 0 Å². The van der Waals surface area contributed by atoms with E-state index in [1.54, 1.807) is 12.4 Å². The van der Waals surface area contributed by atoms with Gasteiger partial charge in [-0.05, 0) is 72.8 Å². The molecule has 0 aliphatic heterocycles. The lowest BCUT2D eigenvalue weighted by atomic mass is 10.2. The summed E-state index contributed by atoms with van der Waals surface area (Å²) in [6, 6.07) is 36.6. The number of imidazole rings is 2. The zero-order valence-electron chi connectivity index (χ0n) is 19.2. The third-order valence-corrected chi connectivity index (χ3v) is 6.28. The summed E-state index contributed by atoms with van der Waals surface area (Å²) in [6.07, 6.45) is 3.59. The number of nitrogens with zero attached hydrogens (tertiary/aromatic N) is 6. The van der Waals surface area contributed by atoms with Crippen molar-refractivity contribution in [3.05, 3.63) is 122 Å². The first-order chi connectivity index (χ1) is 17.9. The van der Waals surface area contributed by atoms with Gasteiger partial charge in [-0.25, -0.2) is 9.97 Å². The molecule has 6 heteroatoms. The second-order valence-electron chi connectivity index (χ2n) is 8.47. The van der Waals surface area contributed by atoms with E-state index < -0.39 is 0 Å². The van der Waals surface area contributed by atoms with Gasteiger partial charge in [0.1, 0.15) is 11.4 Å². The Kier molecular flexibility index (Phi) is 4.67. The molecule has 6 nitrogen and oxygen atoms in total. The normalized spacial score (nSPS) is 11.3. The molecule has 0 fully saturated rings. The number of rotatable bonds is 4. The number of fused-ring (bicyclic) bond motifs is 2. The molecule has 3 aromatic carbocycles. The summed E-state index contributed by atoms with van der Waals surface area (Å²) in [5.41, 5.74) is 7.61. The Morgan fingerprint density at radius 1 is 0.417 bits per heavy atom. The largest absolute Gasteiger partial charge is 0.291 e. The highest BCUT2D eigenvalue weighted by Crippen LogP contribution is 2.30. The van der Waals surface area contributed by atoms with E-state index in [-0.39, 0.29) is 0 Å². The minimum Gasteiger partial charge on any atom is -0.291 e. The third kappa shape index (κ3) is 3.27. The molecule has 4 aromatic heterocycles. The summed E-state index contributed by atoms with van der Waals surface area (Å²) in [4.78, 5) is 18.9. The van der Waals surface area contributed by atoms with E-state index in [1.165, 1.54) is 0 Å². The second kappa shape index (κ2) is 8.29. The molecule has 170 valence electrons. The fourth-order valence-electron chi connectivity index (χ4n) is 4.66. The van der Waals surface area contributed by atoms with Gasteiger partial charge in [-0.3, -0.25) is 19.1 Å². The molecule has 0 saturated carbocycles. The molecule has 36 heavy (non-hydrogen) atoms. The molecule has 0 spiro atoms. The molecule has 4 heterocycles. The van der Waals surface area contributed by atoms with Crippen LogP contribution in [0.2, 0.25) is 0 Å². The van der Waals surface area contributed by atoms with Gasteiger partial charge in [0, 0.05) is 23.8 Å². The predicted octanol–water partition coefficient (Wildman–Crippen LogP) is 6.49. The van der Waals surface area contributed by atoms with Gasteiger partial charge in [-0.1, -0.05) is 36.4 Å². The van der Waals surface area contributed by atoms with Crippen molar-refractivity contribution in [1.82, 2.24) is 29.1 Å². The molecule has 0 amide bonds. The first-order valence-electron chi connectivity index (χ1n) is 11.8. The Morgan fingerprint density at radius 3 is 1.25 bits per heavy atom. The molecular formula is C30H20N6. The van der Waals surface area contributed by atoms with Crippen LogP contribution in [0.15, 0.2) is 122 Å². The van der Waals surface area contributed by atoms with Gasteiger partial charge >= 0.3 is 0 Å². The maximum Gasteiger partial charge on any atom is 0.164 e. The van der Waals surface area contributed by atoms with Gasteiger partial charge in [0.15, 0.2) is 11.6 Å². The molecule has 0 N–H and O–H groups in total. The maximum atomic E-state index is 4.90. The number of hydrogen-bond acceptors (Lipinski definition) is 4. The van der Waals surface area contributed by atoms with Gasteiger partial charge in [0.2, 0.25) is 0 Å². The van der Waals surface area contributed by atoms with Crippen LogP contribution in [-0.4, -0.2) is 29.1 Å². The minimum absolute atomic E-state index is 0.812. The number of hydrogen-bond donors (Lipinski definition) is 0. The SMILES string of the molecule is c1ccc(-c2nc3ccccc3n2-c2ccc(-n3c(-c4ccccn4)nc4ccccc43)cc2)nc1. The van der Waals surface area contributed by atoms with Crippen LogP contribution in [-0.2, 0) is 0 Å². The Hall–Kier alpha value is -5.10. The molecule has 0 aliphatic carbocycles. The molecule has 0 saturated heterocycles. The Bertz CT molecular complexity index is 1680. The van der Waals surface area contributed by atoms with Gasteiger partial charge in [-0.2, -0.15) is 0 Å². The molecular weight excluding hydrogens is 444 g/mol. The lowest BCUT2D eigenvalue weighted by Gasteiger charge is -2.12. The van der Waals surface area contributed by atoms with Crippen LogP contribution in [0.1, 0.15) is 0 Å². The zero-order valence-corrected chi connectivity index (χ0v) is 19.2. The summed E-state index contributed by atoms with van der Waals surface area (Å²) >= 11 is 0. The highest BCUT2D eigenvalue weighted by Gasteiger charge is 2.17. The highest BCUT2D eigenvalue weighted by atomic mass is 15.1. The van der Waals surface area contributed by atoms with Crippen LogP contribution in [0.25, 0.3) is 56.5 Å². The van der Waals surface area contributed by atoms with Crippen molar-refractivity contribution in [3.8, 4) is 34.4 Å². The monoisotopic (exact) mass is 464 g/mol. The van der Waals surface area contributed by atoms with Crippen molar-refractivity contribution in [2.45, 2.75) is 0 Å². The average molecular weight is 465 g/mol. The standard InChI is InChI=1S/C30H20N6/c1-3-13-27-23(9-1)33-29(25-11-5-7-19-31-25)35(27)21-15-17-22(18-16-21)36-28-14-4-2-10-24(28)34-30(36)26-12-6-8-20-32-26/h1-20H. The van der Waals surface area contributed by atoms with Gasteiger partial charge in [0.25, 0.3) is 0 Å². The Labute approximate surface area is 207 Å². The molecule has 7 aromatic rings. The number of para-hydroxylation sites is 4. The van der Waals surface area contributed by atoms with E-state index in [4.69, 9.17) is 9.97 Å². The summed E-state index contributed by atoms with van der Waals surface area (Å²) in [5.74, 6) is 1.62. The van der Waals surface area contributed by atoms with E-state index in [0.717, 1.165) is 56.5 Å². The van der Waals surface area contributed by atoms with E-state index in [1.807, 2.05) is 72.8 Å². The maximum absolute atomic E-state index is 4.90. The van der Waals surface area contributed by atoms with Crippen LogP contribution in [0, 0.1) is 0 Å². The van der Waals surface area contributed by atoms with E-state index in [9.17, 15) is 0 Å². The first-order valence-corrected chi connectivity index (χ1v) is 11.8. The molecule has 7 rings (SSSR count). The molecule has 0 aliphatic rings. The summed E-state index contributed by atoms with van der Waals surface area (Å²) in [6.45, 7) is 0. The van der Waals surface area contributed by atoms with Crippen molar-refractivity contribution >= 4 is 22.1 Å². The number of benzene rings is 3. The van der Waals surface area contributed by atoms with E-state index in [2.05, 4.69) is 55.5 Å². The first kappa shape index (κ1) is 20.3. The van der Waals surface area contributed by atoms with Crippen LogP contribution in [0.4, 0.5) is 0 Å². The minimum atomic E-state index is 0.812. The molecule has 0 bridgehead atoms. The van der Waals surface area contributed by atoms with Crippen LogP contribution in [0.3, 0.4) is 0 Å². The highest BCUT2D eigenvalue weighted by molar-refractivity contribution is 5.84. The van der Waals surface area contributed by atoms with Gasteiger partial charge in [0.05, 0.1) is 22.1 Å². The van der Waals surface area contributed by atoms with Gasteiger partial charge in [-0.15, -0.1) is 0 Å². The van der Waals surface area contributed by atoms with E-state index >= 15 is 0 Å². The lowest BCUT2D eigenvalue weighted by molar-refractivity contribution is 1.06. The molecule has 0 radical (unpaired) electrons. The van der Waals surface area contributed by atoms with Crippen molar-refractivity contribution in [2.24, 2.45) is 0 Å². The molecule has 0 unspecified atom stereocenters. The fourth-order valence-corrected chi connectivity index (χ4v) is 4.66. The molecule has 0 atom stereocenters. The van der Waals surface area contributed by atoms with Crippen LogP contribution >= 0.6 is 0 Å². The van der Waals surface area contributed by atoms with Crippen LogP contribution < -0.4 is 0 Å². The fraction of sp³-hybridized carbons (Fsp3) is 0. The quantitative estimate of drug-likeness (QED) is 0.299. The smallest absolute Gasteiger partial charge is 0.164 e. The topological polar surface area (TPSA) is 61.4 Å². The lowest BCUT2D eigenvalue weighted by Crippen LogP contribution is -2.01. The van der Waals surface area contributed by atoms with E-state index in [0.29, 0.717) is 0 Å². The predicted molar refractivity (Wildman–Crippen MR) is 142 cm³/mol. The average Bonchev–Trinajstić information content (AvgIpc) is 3.53. The van der Waals surface area contributed by atoms with Crippen molar-refractivity contribution in [3.63, 3.8) is 0 Å². The van der Waals surface area contributed by atoms with Crippen molar-refractivity contribution in [1.29, 1.82) is 0 Å². The summed E-state index contributed by atoms with van der Waals surface area (Å²) in [5, 5.41) is 0. The summed E-state index contributed by atoms with van der Waals surface area (Å²) in [7, 11) is 0. The Morgan fingerprint density at radius 2 is 0.833 bits per heavy atom. The Balaban J connectivity index is 1.41. The zero-order chi connectivity index (χ0) is 23.9. The second-order valence-corrected chi connectivity index (χ2v) is 8.47. The number of pyridine rings is 2.